The van der Waals surface area contributed by atoms with Gasteiger partial charge in [0, 0.05) is 21.8 Å². The van der Waals surface area contributed by atoms with Crippen LogP contribution >= 0.6 is 11.6 Å². The van der Waals surface area contributed by atoms with Gasteiger partial charge in [-0.1, -0.05) is 11.6 Å². The number of ketones is 1. The third-order valence-corrected chi connectivity index (χ3v) is 4.06. The van der Waals surface area contributed by atoms with E-state index in [0.717, 1.165) is 0 Å². The van der Waals surface area contributed by atoms with Crippen molar-refractivity contribution in [3.63, 3.8) is 0 Å². The SMILES string of the molecule is COc1ccc(C(C)=O)cc1CC(=O)O[C@@H](C)C(=O)Nc1ccc(Cl)cc1. The molecule has 0 unspecified atom stereocenters. The van der Waals surface area contributed by atoms with Gasteiger partial charge in [0.2, 0.25) is 0 Å². The van der Waals surface area contributed by atoms with Crippen molar-refractivity contribution in [2.45, 2.75) is 26.4 Å². The largest absolute Gasteiger partial charge is 0.496 e. The molecule has 0 aliphatic heterocycles. The first-order valence-electron chi connectivity index (χ1n) is 8.24. The third kappa shape index (κ3) is 5.82. The number of hydrogen-bond donors (Lipinski definition) is 1. The van der Waals surface area contributed by atoms with Crippen molar-refractivity contribution in [3.8, 4) is 5.75 Å². The van der Waals surface area contributed by atoms with Gasteiger partial charge in [-0.05, 0) is 56.3 Å². The number of anilines is 1. The number of nitrogens with one attached hydrogen (secondary N) is 1. The van der Waals surface area contributed by atoms with Crippen molar-refractivity contribution in [3.05, 3.63) is 58.6 Å². The van der Waals surface area contributed by atoms with Gasteiger partial charge in [0.1, 0.15) is 5.75 Å². The molecule has 0 heterocycles. The highest BCUT2D eigenvalue weighted by Gasteiger charge is 2.20. The molecule has 6 nitrogen and oxygen atoms in total. The Balaban J connectivity index is 2.00. The predicted molar refractivity (Wildman–Crippen MR) is 102 cm³/mol. The van der Waals surface area contributed by atoms with Gasteiger partial charge in [-0.2, -0.15) is 0 Å². The van der Waals surface area contributed by atoms with Gasteiger partial charge < -0.3 is 14.8 Å². The molecule has 1 N–H and O–H groups in total. The lowest BCUT2D eigenvalue weighted by Crippen LogP contribution is -2.30. The summed E-state index contributed by atoms with van der Waals surface area (Å²) in [7, 11) is 1.47. The first-order chi connectivity index (χ1) is 12.8. The van der Waals surface area contributed by atoms with Gasteiger partial charge in [0.05, 0.1) is 13.5 Å². The highest BCUT2D eigenvalue weighted by molar-refractivity contribution is 6.30. The Morgan fingerprint density at radius 3 is 2.37 bits per heavy atom. The van der Waals surface area contributed by atoms with Crippen molar-refractivity contribution in [2.75, 3.05) is 12.4 Å². The smallest absolute Gasteiger partial charge is 0.311 e. The van der Waals surface area contributed by atoms with Crippen LogP contribution in [0.4, 0.5) is 5.69 Å². The van der Waals surface area contributed by atoms with Crippen LogP contribution in [0.5, 0.6) is 5.75 Å². The van der Waals surface area contributed by atoms with Crippen LogP contribution in [-0.4, -0.2) is 30.9 Å². The molecule has 0 aromatic heterocycles. The van der Waals surface area contributed by atoms with E-state index in [-0.39, 0.29) is 12.2 Å². The van der Waals surface area contributed by atoms with Crippen molar-refractivity contribution >= 4 is 34.9 Å². The van der Waals surface area contributed by atoms with Gasteiger partial charge in [0.25, 0.3) is 5.91 Å². The van der Waals surface area contributed by atoms with E-state index in [1.54, 1.807) is 42.5 Å². The number of carbonyl (C=O) groups excluding carboxylic acids is 3. The van der Waals surface area contributed by atoms with Gasteiger partial charge in [-0.15, -0.1) is 0 Å². The average Bonchev–Trinajstić information content (AvgIpc) is 2.63. The van der Waals surface area contributed by atoms with E-state index in [2.05, 4.69) is 5.32 Å². The predicted octanol–water partition coefficient (Wildman–Crippen LogP) is 3.66. The number of hydrogen-bond acceptors (Lipinski definition) is 5. The van der Waals surface area contributed by atoms with Crippen LogP contribution < -0.4 is 10.1 Å². The molecule has 1 amide bonds. The summed E-state index contributed by atoms with van der Waals surface area (Å²) < 4.78 is 10.4. The van der Waals surface area contributed by atoms with Crippen LogP contribution in [0.1, 0.15) is 29.8 Å². The van der Waals surface area contributed by atoms with Crippen LogP contribution in [0.15, 0.2) is 42.5 Å². The number of ether oxygens (including phenoxy) is 2. The molecule has 0 bridgehead atoms. The van der Waals surface area contributed by atoms with Crippen LogP contribution in [0.2, 0.25) is 5.02 Å². The maximum Gasteiger partial charge on any atom is 0.311 e. The molecule has 7 heteroatoms. The number of methoxy groups -OCH3 is 1. The van der Waals surface area contributed by atoms with Crippen molar-refractivity contribution in [1.82, 2.24) is 0 Å². The normalized spacial score (nSPS) is 11.4. The number of halogens is 1. The van der Waals surface area contributed by atoms with Crippen LogP contribution in [0.3, 0.4) is 0 Å². The first-order valence-corrected chi connectivity index (χ1v) is 8.61. The quantitative estimate of drug-likeness (QED) is 0.577. The van der Waals surface area contributed by atoms with E-state index in [0.29, 0.717) is 27.6 Å². The Labute approximate surface area is 162 Å². The number of Topliss-reactive ketones (excluding diaryl/α,β-unsaturated/α-hetero) is 1. The minimum Gasteiger partial charge on any atom is -0.496 e. The molecule has 0 aliphatic carbocycles. The molecule has 142 valence electrons. The lowest BCUT2D eigenvalue weighted by molar-refractivity contribution is -0.152. The molecule has 0 fully saturated rings. The number of benzene rings is 2. The van der Waals surface area contributed by atoms with Crippen molar-refractivity contribution in [2.24, 2.45) is 0 Å². The maximum absolute atomic E-state index is 12.2. The number of esters is 1. The first kappa shape index (κ1) is 20.5. The molecular formula is C20H20ClNO5. The topological polar surface area (TPSA) is 81.7 Å². The van der Waals surface area contributed by atoms with Crippen LogP contribution in [0.25, 0.3) is 0 Å². The van der Waals surface area contributed by atoms with Crippen molar-refractivity contribution < 1.29 is 23.9 Å². The number of rotatable bonds is 7. The summed E-state index contributed by atoms with van der Waals surface area (Å²) in [5.41, 5.74) is 1.52. The van der Waals surface area contributed by atoms with Gasteiger partial charge in [-0.25, -0.2) is 0 Å². The Morgan fingerprint density at radius 1 is 1.11 bits per heavy atom. The lowest BCUT2D eigenvalue weighted by atomic mass is 10.0. The third-order valence-electron chi connectivity index (χ3n) is 3.81. The molecular weight excluding hydrogens is 370 g/mol. The lowest BCUT2D eigenvalue weighted by Gasteiger charge is -2.15. The summed E-state index contributed by atoms with van der Waals surface area (Å²) >= 11 is 5.80. The van der Waals surface area contributed by atoms with E-state index >= 15 is 0 Å². The fraction of sp³-hybridized carbons (Fsp3) is 0.250. The monoisotopic (exact) mass is 389 g/mol. The number of carbonyl (C=O) groups is 3. The minimum atomic E-state index is -0.991. The van der Waals surface area contributed by atoms with Gasteiger partial charge in [-0.3, -0.25) is 14.4 Å². The second-order valence-electron chi connectivity index (χ2n) is 5.89. The summed E-state index contributed by atoms with van der Waals surface area (Å²) in [6.07, 6.45) is -1.11. The molecule has 2 rings (SSSR count). The second kappa shape index (κ2) is 9.19. The zero-order valence-corrected chi connectivity index (χ0v) is 16.0. The molecule has 0 saturated carbocycles. The maximum atomic E-state index is 12.2. The number of amides is 1. The highest BCUT2D eigenvalue weighted by Crippen LogP contribution is 2.21. The zero-order chi connectivity index (χ0) is 20.0. The summed E-state index contributed by atoms with van der Waals surface area (Å²) in [6.45, 7) is 2.92. The Kier molecular flexibility index (Phi) is 6.96. The summed E-state index contributed by atoms with van der Waals surface area (Å²) in [6, 6.07) is 11.4. The minimum absolute atomic E-state index is 0.122. The average molecular weight is 390 g/mol. The van der Waals surface area contributed by atoms with Gasteiger partial charge in [0.15, 0.2) is 11.9 Å². The van der Waals surface area contributed by atoms with Gasteiger partial charge >= 0.3 is 5.97 Å². The van der Waals surface area contributed by atoms with Crippen molar-refractivity contribution in [1.29, 1.82) is 0 Å². The molecule has 0 spiro atoms. The molecule has 2 aromatic carbocycles. The molecule has 0 radical (unpaired) electrons. The molecule has 27 heavy (non-hydrogen) atoms. The van der Waals surface area contributed by atoms with E-state index in [1.165, 1.54) is 21.0 Å². The Hall–Kier alpha value is -2.86. The van der Waals surface area contributed by atoms with Crippen LogP contribution in [-0.2, 0) is 20.7 Å². The van der Waals surface area contributed by atoms with Crippen LogP contribution in [0, 0.1) is 0 Å². The molecule has 2 aromatic rings. The Bertz CT molecular complexity index is 848. The molecule has 1 atom stereocenters. The standard InChI is InChI=1S/C20H20ClNO5/c1-12(23)14-4-9-18(26-3)15(10-14)11-19(24)27-13(2)20(25)22-17-7-5-16(21)6-8-17/h4-10,13H,11H2,1-3H3,(H,22,25)/t13-/m0/s1. The fourth-order valence-electron chi connectivity index (χ4n) is 2.36. The zero-order valence-electron chi connectivity index (χ0n) is 15.2. The summed E-state index contributed by atoms with van der Waals surface area (Å²) in [5, 5.41) is 3.19. The summed E-state index contributed by atoms with van der Waals surface area (Å²) in [4.78, 5) is 35.9. The fourth-order valence-corrected chi connectivity index (χ4v) is 2.49. The van der Waals surface area contributed by atoms with E-state index in [4.69, 9.17) is 21.1 Å². The summed E-state index contributed by atoms with van der Waals surface area (Å²) in [5.74, 6) is -0.721. The van der Waals surface area contributed by atoms with E-state index in [1.807, 2.05) is 0 Å². The Morgan fingerprint density at radius 2 is 1.78 bits per heavy atom. The van der Waals surface area contributed by atoms with E-state index in [9.17, 15) is 14.4 Å². The molecule has 0 saturated heterocycles. The molecule has 0 aliphatic rings. The van der Waals surface area contributed by atoms with E-state index < -0.39 is 18.0 Å². The second-order valence-corrected chi connectivity index (χ2v) is 6.32. The highest BCUT2D eigenvalue weighted by atomic mass is 35.5.